The maximum absolute atomic E-state index is 14.2. The number of amides is 2. The molecule has 1 aliphatic carbocycles. The van der Waals surface area contributed by atoms with Crippen LogP contribution in [-0.2, 0) is 26.2 Å². The van der Waals surface area contributed by atoms with Crippen LogP contribution >= 0.6 is 11.6 Å². The zero-order chi connectivity index (χ0) is 32.6. The minimum absolute atomic E-state index is 0.0478. The van der Waals surface area contributed by atoms with Gasteiger partial charge in [0.25, 0.3) is 10.0 Å². The Kier molecular flexibility index (Phi) is 11.6. The van der Waals surface area contributed by atoms with Gasteiger partial charge in [-0.15, -0.1) is 0 Å². The van der Waals surface area contributed by atoms with Crippen LogP contribution in [-0.4, -0.2) is 64.6 Å². The number of carbonyl (C=O) groups is 2. The van der Waals surface area contributed by atoms with Crippen LogP contribution in [0.4, 0.5) is 5.69 Å². The Balaban J connectivity index is 1.72. The lowest BCUT2D eigenvalue weighted by molar-refractivity contribution is -0.139. The van der Waals surface area contributed by atoms with Crippen molar-refractivity contribution in [2.75, 3.05) is 31.7 Å². The second kappa shape index (κ2) is 15.4. The Morgan fingerprint density at radius 3 is 2.29 bits per heavy atom. The predicted octanol–water partition coefficient (Wildman–Crippen LogP) is 5.43. The van der Waals surface area contributed by atoms with Crippen LogP contribution in [0, 0.1) is 0 Å². The fraction of sp³-hybridized carbons (Fsp3) is 0.394. The van der Waals surface area contributed by atoms with E-state index in [9.17, 15) is 18.0 Å². The first-order valence-corrected chi connectivity index (χ1v) is 16.7. The van der Waals surface area contributed by atoms with Gasteiger partial charge < -0.3 is 24.4 Å². The molecule has 0 aliphatic heterocycles. The van der Waals surface area contributed by atoms with E-state index < -0.39 is 28.5 Å². The smallest absolute Gasteiger partial charge is 0.264 e. The van der Waals surface area contributed by atoms with Gasteiger partial charge in [-0.2, -0.15) is 0 Å². The molecule has 10 nitrogen and oxygen atoms in total. The molecule has 45 heavy (non-hydrogen) atoms. The number of halogens is 1. The van der Waals surface area contributed by atoms with Crippen molar-refractivity contribution in [3.05, 3.63) is 77.3 Å². The van der Waals surface area contributed by atoms with Gasteiger partial charge in [0, 0.05) is 23.7 Å². The van der Waals surface area contributed by atoms with E-state index in [-0.39, 0.29) is 34.8 Å². The minimum Gasteiger partial charge on any atom is -0.494 e. The molecule has 1 aliphatic rings. The highest BCUT2D eigenvalue weighted by Gasteiger charge is 2.34. The summed E-state index contributed by atoms with van der Waals surface area (Å²) < 4.78 is 45.7. The molecule has 0 spiro atoms. The SMILES string of the molecule is CCOc1ccc(N(CC(=O)N(Cc2cccc(Cl)c2)C(C)C(=O)NC2CCCC2)S(=O)(=O)c2ccc(OC)c(OC)c2)cc1. The predicted molar refractivity (Wildman–Crippen MR) is 174 cm³/mol. The summed E-state index contributed by atoms with van der Waals surface area (Å²) in [7, 11) is -1.46. The summed E-state index contributed by atoms with van der Waals surface area (Å²) in [6.07, 6.45) is 3.84. The molecule has 2 amide bonds. The zero-order valence-corrected chi connectivity index (χ0v) is 27.6. The summed E-state index contributed by atoms with van der Waals surface area (Å²) in [5, 5.41) is 3.54. The normalized spacial score (nSPS) is 14.0. The molecule has 1 saturated carbocycles. The van der Waals surface area contributed by atoms with Crippen LogP contribution in [0.25, 0.3) is 0 Å². The molecule has 3 aromatic rings. The number of anilines is 1. The first-order chi connectivity index (χ1) is 21.6. The highest BCUT2D eigenvalue weighted by atomic mass is 35.5. The van der Waals surface area contributed by atoms with Crippen molar-refractivity contribution in [1.82, 2.24) is 10.2 Å². The third-order valence-electron chi connectivity index (χ3n) is 7.77. The lowest BCUT2D eigenvalue weighted by atomic mass is 10.1. The average molecular weight is 658 g/mol. The number of rotatable bonds is 14. The quantitative estimate of drug-likeness (QED) is 0.246. The summed E-state index contributed by atoms with van der Waals surface area (Å²) >= 11 is 6.24. The fourth-order valence-electron chi connectivity index (χ4n) is 5.31. The number of methoxy groups -OCH3 is 2. The molecule has 242 valence electrons. The van der Waals surface area contributed by atoms with Crippen molar-refractivity contribution in [3.63, 3.8) is 0 Å². The summed E-state index contributed by atoms with van der Waals surface area (Å²) in [5.74, 6) is 0.261. The minimum atomic E-state index is -4.32. The Morgan fingerprint density at radius 1 is 0.978 bits per heavy atom. The van der Waals surface area contributed by atoms with Crippen LogP contribution in [0.5, 0.6) is 17.2 Å². The monoisotopic (exact) mass is 657 g/mol. The number of nitrogens with one attached hydrogen (secondary N) is 1. The maximum atomic E-state index is 14.2. The average Bonchev–Trinajstić information content (AvgIpc) is 3.55. The van der Waals surface area contributed by atoms with Crippen LogP contribution in [0.2, 0.25) is 5.02 Å². The number of sulfonamides is 1. The first kappa shape index (κ1) is 33.9. The van der Waals surface area contributed by atoms with E-state index in [0.29, 0.717) is 28.7 Å². The highest BCUT2D eigenvalue weighted by Crippen LogP contribution is 2.33. The van der Waals surface area contributed by atoms with Crippen molar-refractivity contribution in [2.45, 2.75) is 63.1 Å². The Hall–Kier alpha value is -3.96. The third kappa shape index (κ3) is 8.40. The number of nitrogens with zero attached hydrogens (tertiary/aromatic N) is 2. The molecular weight excluding hydrogens is 618 g/mol. The molecule has 1 fully saturated rings. The number of carbonyl (C=O) groups excluding carboxylic acids is 2. The second-order valence-electron chi connectivity index (χ2n) is 10.8. The van der Waals surface area contributed by atoms with E-state index in [2.05, 4.69) is 5.32 Å². The first-order valence-electron chi connectivity index (χ1n) is 14.9. The highest BCUT2D eigenvalue weighted by molar-refractivity contribution is 7.92. The number of hydrogen-bond acceptors (Lipinski definition) is 7. The molecule has 1 N–H and O–H groups in total. The molecule has 0 radical (unpaired) electrons. The number of benzene rings is 3. The molecular formula is C33H40ClN3O7S. The molecule has 0 bridgehead atoms. The van der Waals surface area contributed by atoms with Gasteiger partial charge >= 0.3 is 0 Å². The molecule has 3 aromatic carbocycles. The van der Waals surface area contributed by atoms with Gasteiger partial charge in [-0.1, -0.05) is 36.6 Å². The van der Waals surface area contributed by atoms with E-state index in [4.69, 9.17) is 25.8 Å². The van der Waals surface area contributed by atoms with E-state index in [0.717, 1.165) is 30.0 Å². The van der Waals surface area contributed by atoms with Crippen LogP contribution in [0.1, 0.15) is 45.1 Å². The molecule has 4 rings (SSSR count). The summed E-state index contributed by atoms with van der Waals surface area (Å²) in [6.45, 7) is 3.40. The maximum Gasteiger partial charge on any atom is 0.264 e. The molecule has 0 saturated heterocycles. The summed E-state index contributed by atoms with van der Waals surface area (Å²) in [4.78, 5) is 28.9. The zero-order valence-electron chi connectivity index (χ0n) is 26.0. The molecule has 12 heteroatoms. The largest absolute Gasteiger partial charge is 0.494 e. The van der Waals surface area contributed by atoms with Crippen LogP contribution < -0.4 is 23.8 Å². The van der Waals surface area contributed by atoms with Crippen molar-refractivity contribution in [1.29, 1.82) is 0 Å². The molecule has 0 heterocycles. The Morgan fingerprint density at radius 2 is 1.67 bits per heavy atom. The van der Waals surface area contributed by atoms with Gasteiger partial charge in [0.1, 0.15) is 18.3 Å². The number of ether oxygens (including phenoxy) is 3. The van der Waals surface area contributed by atoms with Gasteiger partial charge in [-0.05, 0) is 80.8 Å². The topological polar surface area (TPSA) is 114 Å². The van der Waals surface area contributed by atoms with Gasteiger partial charge in [-0.25, -0.2) is 8.42 Å². The Bertz CT molecular complexity index is 1580. The van der Waals surface area contributed by atoms with Crippen molar-refractivity contribution >= 4 is 39.1 Å². The fourth-order valence-corrected chi connectivity index (χ4v) is 6.96. The van der Waals surface area contributed by atoms with Crippen molar-refractivity contribution in [2.24, 2.45) is 0 Å². The Labute approximate surface area is 270 Å². The lowest BCUT2D eigenvalue weighted by Crippen LogP contribution is -2.52. The van der Waals surface area contributed by atoms with Crippen LogP contribution in [0.3, 0.4) is 0 Å². The molecule has 1 atom stereocenters. The lowest BCUT2D eigenvalue weighted by Gasteiger charge is -2.32. The van der Waals surface area contributed by atoms with Gasteiger partial charge in [0.15, 0.2) is 11.5 Å². The molecule has 1 unspecified atom stereocenters. The third-order valence-corrected chi connectivity index (χ3v) is 9.77. The van der Waals surface area contributed by atoms with E-state index >= 15 is 0 Å². The standard InChI is InChI=1S/C33H40ClN3O7S/c1-5-44-28-15-13-27(14-16-28)37(45(40,41)29-17-18-30(42-3)31(20-29)43-4)22-32(38)36(21-24-9-8-10-25(34)19-24)23(2)33(39)35-26-11-6-7-12-26/h8-10,13-20,23,26H,5-7,11-12,21-22H2,1-4H3,(H,35,39). The van der Waals surface area contributed by atoms with E-state index in [1.54, 1.807) is 55.5 Å². The second-order valence-corrected chi connectivity index (χ2v) is 13.1. The summed E-state index contributed by atoms with van der Waals surface area (Å²) in [6, 6.07) is 16.8. The van der Waals surface area contributed by atoms with Gasteiger partial charge in [-0.3, -0.25) is 13.9 Å². The summed E-state index contributed by atoms with van der Waals surface area (Å²) in [5.41, 5.74) is 0.944. The van der Waals surface area contributed by atoms with Crippen molar-refractivity contribution in [3.8, 4) is 17.2 Å². The van der Waals surface area contributed by atoms with Crippen molar-refractivity contribution < 1.29 is 32.2 Å². The van der Waals surface area contributed by atoms with E-state index in [1.807, 2.05) is 6.92 Å². The van der Waals surface area contributed by atoms with Gasteiger partial charge in [0.2, 0.25) is 11.8 Å². The molecule has 0 aromatic heterocycles. The number of hydrogen-bond donors (Lipinski definition) is 1. The van der Waals surface area contributed by atoms with Crippen LogP contribution in [0.15, 0.2) is 71.6 Å². The van der Waals surface area contributed by atoms with E-state index in [1.165, 1.54) is 37.3 Å². The van der Waals surface area contributed by atoms with Gasteiger partial charge in [0.05, 0.1) is 31.4 Å².